The molecule has 0 nitrogen and oxygen atoms in total. The van der Waals surface area contributed by atoms with Crippen LogP contribution in [0.2, 0.25) is 0 Å². The Morgan fingerprint density at radius 1 is 1.19 bits per heavy atom. The molecule has 2 rings (SSSR count). The summed E-state index contributed by atoms with van der Waals surface area (Å²) < 4.78 is 0. The predicted molar refractivity (Wildman–Crippen MR) is 73.6 cm³/mol. The number of hydrogen-bond donors (Lipinski definition) is 0. The first-order chi connectivity index (χ1) is 7.79. The van der Waals surface area contributed by atoms with E-state index in [1.807, 2.05) is 11.3 Å². The molecule has 0 radical (unpaired) electrons. The van der Waals surface area contributed by atoms with E-state index in [-0.39, 0.29) is 0 Å². The summed E-state index contributed by atoms with van der Waals surface area (Å²) in [5.74, 6) is 0.715. The first-order valence-corrected chi connectivity index (χ1v) is 7.76. The molecule has 0 saturated heterocycles. The van der Waals surface area contributed by atoms with Crippen molar-refractivity contribution in [3.63, 3.8) is 0 Å². The minimum atomic E-state index is 0.412. The van der Waals surface area contributed by atoms with Gasteiger partial charge in [-0.25, -0.2) is 0 Å². The first-order valence-electron chi connectivity index (χ1n) is 6.51. The van der Waals surface area contributed by atoms with Crippen LogP contribution < -0.4 is 0 Å². The molecule has 1 aromatic heterocycles. The first kappa shape index (κ1) is 12.4. The Morgan fingerprint density at radius 2 is 1.94 bits per heavy atom. The quantitative estimate of drug-likeness (QED) is 0.525. The summed E-state index contributed by atoms with van der Waals surface area (Å²) in [5, 5.41) is 0.412. The molecule has 1 heterocycles. The lowest BCUT2D eigenvalue weighted by Gasteiger charge is -2.18. The van der Waals surface area contributed by atoms with Crippen molar-refractivity contribution in [2.24, 2.45) is 5.92 Å². The van der Waals surface area contributed by atoms with E-state index in [1.165, 1.54) is 54.7 Å². The summed E-state index contributed by atoms with van der Waals surface area (Å²) in [4.78, 5) is 3.05. The third kappa shape index (κ3) is 3.24. The molecule has 1 aromatic rings. The van der Waals surface area contributed by atoms with Crippen molar-refractivity contribution in [2.45, 2.75) is 57.2 Å². The van der Waals surface area contributed by atoms with Gasteiger partial charge in [-0.05, 0) is 43.7 Å². The molecule has 0 aliphatic heterocycles. The molecule has 0 N–H and O–H groups in total. The maximum Gasteiger partial charge on any atom is 0.0367 e. The van der Waals surface area contributed by atoms with Crippen molar-refractivity contribution in [1.29, 1.82) is 0 Å². The van der Waals surface area contributed by atoms with E-state index < -0.39 is 0 Å². The van der Waals surface area contributed by atoms with Crippen LogP contribution in [0.3, 0.4) is 0 Å². The zero-order chi connectivity index (χ0) is 11.4. The Morgan fingerprint density at radius 3 is 2.69 bits per heavy atom. The normalized spacial score (nSPS) is 26.6. The van der Waals surface area contributed by atoms with Crippen molar-refractivity contribution in [2.75, 3.05) is 0 Å². The van der Waals surface area contributed by atoms with Crippen LogP contribution >= 0.6 is 22.9 Å². The van der Waals surface area contributed by atoms with Gasteiger partial charge in [0.25, 0.3) is 0 Å². The molecule has 2 atom stereocenters. The van der Waals surface area contributed by atoms with E-state index in [0.29, 0.717) is 11.3 Å². The molecule has 1 fully saturated rings. The van der Waals surface area contributed by atoms with Crippen LogP contribution in [0, 0.1) is 5.92 Å². The Bertz CT molecular complexity index is 318. The topological polar surface area (TPSA) is 0 Å². The minimum Gasteiger partial charge on any atom is -0.145 e. The highest BCUT2D eigenvalue weighted by Crippen LogP contribution is 2.32. The number of rotatable bonds is 3. The van der Waals surface area contributed by atoms with Crippen LogP contribution in [-0.4, -0.2) is 5.38 Å². The van der Waals surface area contributed by atoms with Gasteiger partial charge >= 0.3 is 0 Å². The van der Waals surface area contributed by atoms with Gasteiger partial charge in [0, 0.05) is 15.1 Å². The molecule has 0 aromatic carbocycles. The van der Waals surface area contributed by atoms with Crippen LogP contribution in [0.5, 0.6) is 0 Å². The van der Waals surface area contributed by atoms with Crippen molar-refractivity contribution >= 4 is 22.9 Å². The summed E-state index contributed by atoms with van der Waals surface area (Å²) in [6.07, 6.45) is 9.00. The molecule has 1 saturated carbocycles. The molecular formula is C14H21ClS. The summed E-state index contributed by atoms with van der Waals surface area (Å²) in [5.41, 5.74) is 0. The van der Waals surface area contributed by atoms with Crippen molar-refractivity contribution in [1.82, 2.24) is 0 Å². The molecule has 0 spiro atoms. The lowest BCUT2D eigenvalue weighted by atomic mass is 9.95. The minimum absolute atomic E-state index is 0.412. The van der Waals surface area contributed by atoms with E-state index in [9.17, 15) is 0 Å². The summed E-state index contributed by atoms with van der Waals surface area (Å²) in [7, 11) is 0. The maximum atomic E-state index is 6.48. The van der Waals surface area contributed by atoms with Gasteiger partial charge in [-0.3, -0.25) is 0 Å². The lowest BCUT2D eigenvalue weighted by molar-refractivity contribution is 0.468. The predicted octanol–water partition coefficient (Wildman–Crippen LogP) is 5.04. The van der Waals surface area contributed by atoms with Crippen LogP contribution in [0.25, 0.3) is 0 Å². The summed E-state index contributed by atoms with van der Waals surface area (Å²) in [6.45, 7) is 2.23. The van der Waals surface area contributed by atoms with Gasteiger partial charge in [-0.15, -0.1) is 22.9 Å². The fraction of sp³-hybridized carbons (Fsp3) is 0.714. The van der Waals surface area contributed by atoms with E-state index in [1.54, 1.807) is 0 Å². The molecule has 16 heavy (non-hydrogen) atoms. The SMILES string of the molecule is CCc1ccc(CC2CCCCCC2Cl)s1. The lowest BCUT2D eigenvalue weighted by Crippen LogP contribution is -2.15. The van der Waals surface area contributed by atoms with Crippen LogP contribution in [-0.2, 0) is 12.8 Å². The number of thiophene rings is 1. The second kappa shape index (κ2) is 6.07. The third-order valence-electron chi connectivity index (χ3n) is 3.60. The van der Waals surface area contributed by atoms with E-state index in [0.717, 1.165) is 0 Å². The Balaban J connectivity index is 1.96. The maximum absolute atomic E-state index is 6.48. The van der Waals surface area contributed by atoms with Crippen LogP contribution in [0.15, 0.2) is 12.1 Å². The second-order valence-electron chi connectivity index (χ2n) is 4.84. The summed E-state index contributed by atoms with van der Waals surface area (Å²) >= 11 is 8.46. The second-order valence-corrected chi connectivity index (χ2v) is 6.65. The summed E-state index contributed by atoms with van der Waals surface area (Å²) in [6, 6.07) is 4.58. The molecule has 0 bridgehead atoms. The van der Waals surface area contributed by atoms with Gasteiger partial charge in [0.2, 0.25) is 0 Å². The van der Waals surface area contributed by atoms with E-state index in [4.69, 9.17) is 11.6 Å². The smallest absolute Gasteiger partial charge is 0.0367 e. The highest BCUT2D eigenvalue weighted by molar-refractivity contribution is 7.11. The Hall–Kier alpha value is -0.0100. The highest BCUT2D eigenvalue weighted by atomic mass is 35.5. The number of aryl methyl sites for hydroxylation is 1. The molecule has 2 unspecified atom stereocenters. The fourth-order valence-corrected chi connectivity index (χ4v) is 3.97. The van der Waals surface area contributed by atoms with Crippen molar-refractivity contribution in [3.05, 3.63) is 21.9 Å². The molecule has 2 heteroatoms. The van der Waals surface area contributed by atoms with Gasteiger partial charge in [-0.1, -0.05) is 26.2 Å². The van der Waals surface area contributed by atoms with Crippen molar-refractivity contribution in [3.8, 4) is 0 Å². The zero-order valence-corrected chi connectivity index (χ0v) is 11.6. The molecule has 1 aliphatic carbocycles. The number of halogens is 1. The average molecular weight is 257 g/mol. The zero-order valence-electron chi connectivity index (χ0n) is 10.0. The molecule has 1 aliphatic rings. The van der Waals surface area contributed by atoms with Crippen LogP contribution in [0.1, 0.15) is 48.8 Å². The van der Waals surface area contributed by atoms with E-state index >= 15 is 0 Å². The number of hydrogen-bond acceptors (Lipinski definition) is 1. The molecular weight excluding hydrogens is 236 g/mol. The van der Waals surface area contributed by atoms with E-state index in [2.05, 4.69) is 19.1 Å². The number of alkyl halides is 1. The van der Waals surface area contributed by atoms with Crippen LogP contribution in [0.4, 0.5) is 0 Å². The largest absolute Gasteiger partial charge is 0.145 e. The van der Waals surface area contributed by atoms with Gasteiger partial charge < -0.3 is 0 Å². The van der Waals surface area contributed by atoms with Gasteiger partial charge in [0.1, 0.15) is 0 Å². The highest BCUT2D eigenvalue weighted by Gasteiger charge is 2.22. The van der Waals surface area contributed by atoms with Gasteiger partial charge in [0.15, 0.2) is 0 Å². The van der Waals surface area contributed by atoms with Gasteiger partial charge in [-0.2, -0.15) is 0 Å². The Labute approximate surface area is 108 Å². The third-order valence-corrected chi connectivity index (χ3v) is 5.42. The van der Waals surface area contributed by atoms with Gasteiger partial charge in [0.05, 0.1) is 0 Å². The standard InChI is InChI=1S/C14H21ClS/c1-2-12-8-9-13(16-12)10-11-6-4-3-5-7-14(11)15/h8-9,11,14H,2-7,10H2,1H3. The van der Waals surface area contributed by atoms with Crippen molar-refractivity contribution < 1.29 is 0 Å². The fourth-order valence-electron chi connectivity index (χ4n) is 2.55. The molecule has 90 valence electrons. The molecule has 0 amide bonds. The Kier molecular flexibility index (Phi) is 4.72. The monoisotopic (exact) mass is 256 g/mol. The average Bonchev–Trinajstić information content (AvgIpc) is 2.65.